The number of para-hydroxylation sites is 1. The van der Waals surface area contributed by atoms with Crippen molar-refractivity contribution in [3.05, 3.63) is 48.3 Å². The lowest BCUT2D eigenvalue weighted by Crippen LogP contribution is -2.49. The van der Waals surface area contributed by atoms with E-state index >= 15 is 0 Å². The summed E-state index contributed by atoms with van der Waals surface area (Å²) in [6.45, 7) is 7.13. The minimum absolute atomic E-state index is 0.0154. The standard InChI is InChI=1S/C30H40N2O9/c1-19(2)17-37-27-20(3)40-30(35)23(13-9-10-14-25(27)41-22-11-7-6-8-12-22)32-29(34)26-28(39-18-38-21(4)33)24(36-5)15-16-31-26/h6-8,11-12,15-16,19-20,23,25,27H,9-10,13-14,17-18H2,1-5H3,(H,32,34)/t20-,23-,25-,27-/m0/s1. The number of cyclic esters (lactones) is 1. The number of methoxy groups -OCH3 is 1. The Morgan fingerprint density at radius 2 is 1.85 bits per heavy atom. The Labute approximate surface area is 240 Å². The fourth-order valence-corrected chi connectivity index (χ4v) is 4.38. The molecule has 0 spiro atoms. The number of carbonyl (C=O) groups is 3. The summed E-state index contributed by atoms with van der Waals surface area (Å²) in [7, 11) is 1.41. The van der Waals surface area contributed by atoms with Crippen LogP contribution >= 0.6 is 0 Å². The van der Waals surface area contributed by atoms with E-state index in [9.17, 15) is 14.4 Å². The van der Waals surface area contributed by atoms with Crippen LogP contribution in [-0.2, 0) is 23.8 Å². The van der Waals surface area contributed by atoms with E-state index < -0.39 is 42.9 Å². The summed E-state index contributed by atoms with van der Waals surface area (Å²) in [6.07, 6.45) is 2.27. The highest BCUT2D eigenvalue weighted by Crippen LogP contribution is 2.30. The Morgan fingerprint density at radius 1 is 1.12 bits per heavy atom. The summed E-state index contributed by atoms with van der Waals surface area (Å²) >= 11 is 0. The summed E-state index contributed by atoms with van der Waals surface area (Å²) in [6, 6.07) is 10.1. The minimum Gasteiger partial charge on any atom is -0.493 e. The van der Waals surface area contributed by atoms with E-state index in [4.69, 9.17) is 28.4 Å². The third-order valence-corrected chi connectivity index (χ3v) is 6.37. The lowest BCUT2D eigenvalue weighted by molar-refractivity contribution is -0.166. The van der Waals surface area contributed by atoms with E-state index in [2.05, 4.69) is 10.3 Å². The predicted octanol–water partition coefficient (Wildman–Crippen LogP) is 4.08. The highest BCUT2D eigenvalue weighted by Gasteiger charge is 2.36. The predicted molar refractivity (Wildman–Crippen MR) is 149 cm³/mol. The van der Waals surface area contributed by atoms with Gasteiger partial charge in [-0.3, -0.25) is 9.59 Å². The van der Waals surface area contributed by atoms with Crippen molar-refractivity contribution in [3.8, 4) is 17.2 Å². The van der Waals surface area contributed by atoms with Gasteiger partial charge in [-0.1, -0.05) is 38.5 Å². The number of hydrogen-bond donors (Lipinski definition) is 1. The lowest BCUT2D eigenvalue weighted by atomic mass is 9.98. The highest BCUT2D eigenvalue weighted by atomic mass is 16.7. The maximum Gasteiger partial charge on any atom is 0.329 e. The second-order valence-corrected chi connectivity index (χ2v) is 10.2. The Balaban J connectivity index is 1.77. The number of carbonyl (C=O) groups excluding carboxylic acids is 3. The first-order chi connectivity index (χ1) is 19.7. The second kappa shape index (κ2) is 15.8. The smallest absolute Gasteiger partial charge is 0.329 e. The normalized spacial score (nSPS) is 21.4. The molecule has 2 heterocycles. The maximum atomic E-state index is 13.3. The molecule has 4 atom stereocenters. The van der Waals surface area contributed by atoms with Crippen molar-refractivity contribution in [2.24, 2.45) is 5.92 Å². The molecule has 1 aliphatic heterocycles. The molecule has 1 amide bonds. The van der Waals surface area contributed by atoms with Gasteiger partial charge in [0, 0.05) is 25.8 Å². The van der Waals surface area contributed by atoms with Gasteiger partial charge in [0.25, 0.3) is 5.91 Å². The van der Waals surface area contributed by atoms with Gasteiger partial charge in [-0.2, -0.15) is 0 Å². The Bertz CT molecular complexity index is 1140. The molecule has 1 aromatic heterocycles. The Kier molecular flexibility index (Phi) is 12.2. The van der Waals surface area contributed by atoms with E-state index in [1.165, 1.54) is 26.3 Å². The maximum absolute atomic E-state index is 13.3. The van der Waals surface area contributed by atoms with Gasteiger partial charge in [-0.25, -0.2) is 9.78 Å². The number of pyridine rings is 1. The Hall–Kier alpha value is -3.86. The summed E-state index contributed by atoms with van der Waals surface area (Å²) < 4.78 is 34.0. The molecule has 0 aliphatic carbocycles. The van der Waals surface area contributed by atoms with Gasteiger partial charge in [-0.15, -0.1) is 0 Å². The van der Waals surface area contributed by atoms with Crippen LogP contribution in [-0.4, -0.2) is 67.7 Å². The van der Waals surface area contributed by atoms with Gasteiger partial charge in [0.1, 0.15) is 30.1 Å². The monoisotopic (exact) mass is 572 g/mol. The molecule has 0 unspecified atom stereocenters. The van der Waals surface area contributed by atoms with Crippen LogP contribution in [0.5, 0.6) is 17.2 Å². The van der Waals surface area contributed by atoms with E-state index in [1.807, 2.05) is 44.2 Å². The lowest BCUT2D eigenvalue weighted by Gasteiger charge is -2.34. The zero-order valence-electron chi connectivity index (χ0n) is 24.3. The average Bonchev–Trinajstić information content (AvgIpc) is 2.94. The molecule has 0 bridgehead atoms. The van der Waals surface area contributed by atoms with Gasteiger partial charge in [0.2, 0.25) is 6.79 Å². The first kappa shape index (κ1) is 31.7. The van der Waals surface area contributed by atoms with Crippen molar-refractivity contribution in [2.45, 2.75) is 77.7 Å². The molecular weight excluding hydrogens is 532 g/mol. The molecule has 1 fully saturated rings. The molecular formula is C30H40N2O9. The highest BCUT2D eigenvalue weighted by molar-refractivity contribution is 5.98. The summed E-state index contributed by atoms with van der Waals surface area (Å²) in [5.41, 5.74) is -0.121. The molecule has 224 valence electrons. The van der Waals surface area contributed by atoms with Crippen molar-refractivity contribution in [1.29, 1.82) is 0 Å². The van der Waals surface area contributed by atoms with Crippen molar-refractivity contribution in [3.63, 3.8) is 0 Å². The van der Waals surface area contributed by atoms with Crippen LogP contribution in [0.1, 0.15) is 63.9 Å². The van der Waals surface area contributed by atoms with Gasteiger partial charge in [0.15, 0.2) is 17.2 Å². The summed E-state index contributed by atoms with van der Waals surface area (Å²) in [5.74, 6) is -0.614. The van der Waals surface area contributed by atoms with Gasteiger partial charge >= 0.3 is 11.9 Å². The van der Waals surface area contributed by atoms with Crippen LogP contribution < -0.4 is 19.5 Å². The second-order valence-electron chi connectivity index (χ2n) is 10.2. The van der Waals surface area contributed by atoms with Crippen molar-refractivity contribution >= 4 is 17.8 Å². The van der Waals surface area contributed by atoms with Crippen LogP contribution in [0, 0.1) is 5.92 Å². The van der Waals surface area contributed by atoms with Crippen molar-refractivity contribution < 1.29 is 42.8 Å². The van der Waals surface area contributed by atoms with Crippen LogP contribution in [0.25, 0.3) is 0 Å². The number of amides is 1. The number of hydrogen-bond acceptors (Lipinski definition) is 10. The number of benzene rings is 1. The fourth-order valence-electron chi connectivity index (χ4n) is 4.38. The summed E-state index contributed by atoms with van der Waals surface area (Å²) in [4.78, 5) is 41.9. The number of nitrogens with zero attached hydrogens (tertiary/aromatic N) is 1. The molecule has 11 heteroatoms. The van der Waals surface area contributed by atoms with Gasteiger partial charge < -0.3 is 33.7 Å². The average molecular weight is 573 g/mol. The minimum atomic E-state index is -0.934. The van der Waals surface area contributed by atoms with Crippen molar-refractivity contribution in [2.75, 3.05) is 20.5 Å². The zero-order chi connectivity index (χ0) is 29.8. The number of nitrogens with one attached hydrogen (secondary N) is 1. The molecule has 41 heavy (non-hydrogen) atoms. The third kappa shape index (κ3) is 9.63. The number of aromatic nitrogens is 1. The SMILES string of the molecule is COc1ccnc(C(=O)N[C@H]2CCCC[C@H](Oc3ccccc3)[C@@H](OCC(C)C)[C@H](C)OC2=O)c1OCOC(C)=O. The molecule has 1 aromatic carbocycles. The molecule has 3 rings (SSSR count). The van der Waals surface area contributed by atoms with E-state index in [1.54, 1.807) is 6.92 Å². The van der Waals surface area contributed by atoms with Crippen LogP contribution in [0.15, 0.2) is 42.6 Å². The molecule has 0 saturated carbocycles. The van der Waals surface area contributed by atoms with E-state index in [0.717, 1.165) is 6.42 Å². The quantitative estimate of drug-likeness (QED) is 0.310. The number of rotatable bonds is 11. The number of ether oxygens (including phenoxy) is 6. The molecule has 11 nitrogen and oxygen atoms in total. The van der Waals surface area contributed by atoms with Gasteiger partial charge in [0.05, 0.1) is 7.11 Å². The topological polar surface area (TPSA) is 132 Å². The first-order valence-corrected chi connectivity index (χ1v) is 13.8. The van der Waals surface area contributed by atoms with Crippen LogP contribution in [0.4, 0.5) is 0 Å². The molecule has 1 saturated heterocycles. The van der Waals surface area contributed by atoms with Gasteiger partial charge in [-0.05, 0) is 44.2 Å². The van der Waals surface area contributed by atoms with Crippen LogP contribution in [0.2, 0.25) is 0 Å². The van der Waals surface area contributed by atoms with Crippen LogP contribution in [0.3, 0.4) is 0 Å². The largest absolute Gasteiger partial charge is 0.493 e. The third-order valence-electron chi connectivity index (χ3n) is 6.37. The molecule has 0 radical (unpaired) electrons. The van der Waals surface area contributed by atoms with E-state index in [-0.39, 0.29) is 29.2 Å². The van der Waals surface area contributed by atoms with E-state index in [0.29, 0.717) is 31.6 Å². The number of esters is 2. The molecule has 2 aromatic rings. The Morgan fingerprint density at radius 3 is 2.54 bits per heavy atom. The summed E-state index contributed by atoms with van der Waals surface area (Å²) in [5, 5.41) is 2.74. The van der Waals surface area contributed by atoms with Crippen molar-refractivity contribution in [1.82, 2.24) is 10.3 Å². The zero-order valence-corrected chi connectivity index (χ0v) is 24.3. The fraction of sp³-hybridized carbons (Fsp3) is 0.533. The molecule has 1 N–H and O–H groups in total. The first-order valence-electron chi connectivity index (χ1n) is 13.8. The molecule has 1 aliphatic rings.